The van der Waals surface area contributed by atoms with Gasteiger partial charge < -0.3 is 9.87 Å². The van der Waals surface area contributed by atoms with E-state index in [9.17, 15) is 13.0 Å². The van der Waals surface area contributed by atoms with Crippen molar-refractivity contribution in [1.29, 1.82) is 0 Å². The van der Waals surface area contributed by atoms with E-state index in [4.69, 9.17) is 12.6 Å². The number of hydrogen-bond acceptors (Lipinski definition) is 7. The molecule has 1 aromatic rings. The van der Waals surface area contributed by atoms with Crippen LogP contribution in [0.1, 0.15) is 0 Å². The second-order valence-electron chi connectivity index (χ2n) is 2.33. The molecule has 7 nitrogen and oxygen atoms in total. The summed E-state index contributed by atoms with van der Waals surface area (Å²) in [6.07, 6.45) is 0. The summed E-state index contributed by atoms with van der Waals surface area (Å²) in [4.78, 5) is -0.247. The fraction of sp³-hybridized carbons (Fsp3) is 0.143. The van der Waals surface area contributed by atoms with Crippen molar-refractivity contribution in [2.45, 2.75) is 4.90 Å². The zero-order valence-corrected chi connectivity index (χ0v) is 15.6. The minimum atomic E-state index is -4.38. The third-order valence-electron chi connectivity index (χ3n) is 1.36. The Morgan fingerprint density at radius 1 is 1.28 bits per heavy atom. The maximum atomic E-state index is 10.6. The van der Waals surface area contributed by atoms with Gasteiger partial charge in [0.1, 0.15) is 10.1 Å². The molecule has 18 heavy (non-hydrogen) atoms. The van der Waals surface area contributed by atoms with Gasteiger partial charge in [-0.2, -0.15) is 24.3 Å². The van der Waals surface area contributed by atoms with Crippen LogP contribution in [-0.2, 0) is 20.7 Å². The number of hydrogen-bond donors (Lipinski definition) is 1. The Morgan fingerprint density at radius 2 is 1.72 bits per heavy atom. The molecule has 1 N–H and O–H groups in total. The number of rotatable bonds is 2. The molecule has 0 radical (unpaired) electrons. The van der Waals surface area contributed by atoms with Gasteiger partial charge in [0.25, 0.3) is 0 Å². The quantitative estimate of drug-likeness (QED) is 0.327. The second kappa shape index (κ2) is 11.4. The van der Waals surface area contributed by atoms with Crippen LogP contribution in [0.15, 0.2) is 23.1 Å². The SMILES string of the molecule is CNc1c[c-]ccc1S(=O)(=O)[O-].O=S(=O)=O.[Na+].[Na+]. The third-order valence-corrected chi connectivity index (χ3v) is 2.26. The minimum Gasteiger partial charge on any atom is -0.746 e. The maximum Gasteiger partial charge on any atom is 1.00 e. The molecule has 0 spiro atoms. The van der Waals surface area contributed by atoms with E-state index in [-0.39, 0.29) is 69.7 Å². The van der Waals surface area contributed by atoms with Crippen LogP contribution in [0.2, 0.25) is 0 Å². The molecule has 90 valence electrons. The first kappa shape index (κ1) is 23.6. The largest absolute Gasteiger partial charge is 1.00 e. The summed E-state index contributed by atoms with van der Waals surface area (Å²) in [5.74, 6) is 0. The molecular weight excluding hydrogens is 304 g/mol. The Balaban J connectivity index is -0.000000332. The zero-order valence-electron chi connectivity index (χ0n) is 10.00. The van der Waals surface area contributed by atoms with Gasteiger partial charge in [0, 0.05) is 0 Å². The molecule has 0 aliphatic heterocycles. The molecule has 0 heterocycles. The summed E-state index contributed by atoms with van der Waals surface area (Å²) >= 11 is 0. The van der Waals surface area contributed by atoms with Crippen molar-refractivity contribution >= 4 is 26.4 Å². The van der Waals surface area contributed by atoms with E-state index in [2.05, 4.69) is 11.4 Å². The molecule has 1 rings (SSSR count). The summed E-state index contributed by atoms with van der Waals surface area (Å²) < 4.78 is 57.1. The van der Waals surface area contributed by atoms with Crippen LogP contribution in [-0.4, -0.2) is 32.6 Å². The maximum absolute atomic E-state index is 10.6. The molecule has 0 bridgehead atoms. The Kier molecular flexibility index (Phi) is 14.9. The van der Waals surface area contributed by atoms with Crippen LogP contribution >= 0.6 is 0 Å². The molecule has 0 unspecified atom stereocenters. The Labute approximate surface area is 151 Å². The van der Waals surface area contributed by atoms with E-state index < -0.39 is 20.7 Å². The molecule has 0 saturated carbocycles. The molecule has 1 aromatic carbocycles. The molecule has 0 aliphatic carbocycles. The van der Waals surface area contributed by atoms with Gasteiger partial charge in [-0.3, -0.25) is 0 Å². The van der Waals surface area contributed by atoms with Gasteiger partial charge in [0.05, 0.1) is 0 Å². The van der Waals surface area contributed by atoms with E-state index in [0.29, 0.717) is 0 Å². The summed E-state index contributed by atoms with van der Waals surface area (Å²) in [5.41, 5.74) is 0.271. The van der Waals surface area contributed by atoms with Crippen LogP contribution in [0, 0.1) is 6.07 Å². The number of anilines is 1. The van der Waals surface area contributed by atoms with Crippen molar-refractivity contribution in [3.63, 3.8) is 0 Å². The van der Waals surface area contributed by atoms with E-state index in [1.807, 2.05) is 0 Å². The summed E-state index contributed by atoms with van der Waals surface area (Å²) in [6, 6.07) is 6.66. The Bertz CT molecular complexity index is 550. The second-order valence-corrected chi connectivity index (χ2v) is 4.09. The van der Waals surface area contributed by atoms with E-state index in [1.165, 1.54) is 25.2 Å². The molecule has 11 heteroatoms. The van der Waals surface area contributed by atoms with Crippen molar-refractivity contribution in [3.05, 3.63) is 24.3 Å². The molecular formula is C7H7NNa2O6S2. The van der Waals surface area contributed by atoms with Gasteiger partial charge in [-0.1, -0.05) is 5.69 Å². The topological polar surface area (TPSA) is 120 Å². The van der Waals surface area contributed by atoms with Crippen LogP contribution in [0.5, 0.6) is 0 Å². The van der Waals surface area contributed by atoms with Gasteiger partial charge in [-0.25, -0.2) is 8.42 Å². The van der Waals surface area contributed by atoms with Gasteiger partial charge in [0.15, 0.2) is 0 Å². The van der Waals surface area contributed by atoms with Crippen LogP contribution in [0.3, 0.4) is 0 Å². The predicted molar refractivity (Wildman–Crippen MR) is 52.5 cm³/mol. The number of nitrogens with one attached hydrogen (secondary N) is 1. The molecule has 0 saturated heterocycles. The first-order chi connectivity index (χ1) is 7.29. The Hall–Kier alpha value is 0.550. The van der Waals surface area contributed by atoms with Gasteiger partial charge in [-0.05, 0) is 11.9 Å². The monoisotopic (exact) mass is 311 g/mol. The fourth-order valence-corrected chi connectivity index (χ4v) is 1.49. The van der Waals surface area contributed by atoms with Crippen LogP contribution < -0.4 is 64.4 Å². The smallest absolute Gasteiger partial charge is 0.746 e. The summed E-state index contributed by atoms with van der Waals surface area (Å²) in [6.45, 7) is 0. The van der Waals surface area contributed by atoms with Crippen molar-refractivity contribution in [3.8, 4) is 0 Å². The molecule has 0 aromatic heterocycles. The third kappa shape index (κ3) is 10.5. The van der Waals surface area contributed by atoms with Crippen molar-refractivity contribution in [2.24, 2.45) is 0 Å². The fourth-order valence-electron chi connectivity index (χ4n) is 0.830. The first-order valence-corrected chi connectivity index (χ1v) is 6.10. The molecule has 0 atom stereocenters. The van der Waals surface area contributed by atoms with Crippen LogP contribution in [0.25, 0.3) is 0 Å². The van der Waals surface area contributed by atoms with E-state index in [0.717, 1.165) is 0 Å². The normalized spacial score (nSPS) is 8.78. The molecule has 0 fully saturated rings. The zero-order chi connectivity index (χ0) is 12.8. The van der Waals surface area contributed by atoms with Crippen molar-refractivity contribution < 1.29 is 84.7 Å². The summed E-state index contributed by atoms with van der Waals surface area (Å²) in [7, 11) is -5.95. The van der Waals surface area contributed by atoms with Crippen molar-refractivity contribution in [2.75, 3.05) is 12.4 Å². The first-order valence-electron chi connectivity index (χ1n) is 3.69. The standard InChI is InChI=1S/C7H8NO3S.2Na.O3S/c1-8-6-4-2-3-5-7(6)12(9,10)11;;;1-4(2)3/h3-5,8H,1H3,(H,9,10,11);;;/q-1;2*+1;/p-1. The average molecular weight is 311 g/mol. The number of benzene rings is 1. The molecule has 0 amide bonds. The Morgan fingerprint density at radius 3 is 2.00 bits per heavy atom. The van der Waals surface area contributed by atoms with E-state index in [1.54, 1.807) is 0 Å². The van der Waals surface area contributed by atoms with Gasteiger partial charge in [-0.15, -0.1) is 12.6 Å². The molecule has 0 aliphatic rings. The minimum absolute atomic E-state index is 0. The summed E-state index contributed by atoms with van der Waals surface area (Å²) in [5, 5.41) is 2.59. The van der Waals surface area contributed by atoms with Crippen molar-refractivity contribution in [1.82, 2.24) is 0 Å². The average Bonchev–Trinajstić information content (AvgIpc) is 2.15. The van der Waals surface area contributed by atoms with Gasteiger partial charge >= 0.3 is 69.7 Å². The van der Waals surface area contributed by atoms with E-state index >= 15 is 0 Å². The predicted octanol–water partition coefficient (Wildman–Crippen LogP) is -6.56. The van der Waals surface area contributed by atoms with Gasteiger partial charge in [0.2, 0.25) is 0 Å². The van der Waals surface area contributed by atoms with Crippen LogP contribution in [0.4, 0.5) is 5.69 Å².